The van der Waals surface area contributed by atoms with Crippen molar-refractivity contribution in [1.29, 1.82) is 0 Å². The molecular formula is C10H18N4O2. The van der Waals surface area contributed by atoms with E-state index in [-0.39, 0.29) is 12.0 Å². The summed E-state index contributed by atoms with van der Waals surface area (Å²) in [6.45, 7) is 3.38. The molecule has 0 aromatic carbocycles. The third kappa shape index (κ3) is 4.41. The summed E-state index contributed by atoms with van der Waals surface area (Å²) in [5.74, 6) is -0.181. The maximum Gasteiger partial charge on any atom is 0.271 e. The molecule has 1 aromatic rings. The number of nitrogens with one attached hydrogen (secondary N) is 2. The molecule has 0 fully saturated rings. The topological polar surface area (TPSA) is 79.2 Å². The molecule has 0 aliphatic rings. The first kappa shape index (κ1) is 12.7. The second kappa shape index (κ2) is 6.24. The minimum Gasteiger partial charge on any atom is -0.392 e. The Balaban J connectivity index is 2.16. The van der Waals surface area contributed by atoms with E-state index in [1.165, 1.54) is 0 Å². The van der Waals surface area contributed by atoms with Crippen LogP contribution in [-0.4, -0.2) is 46.3 Å². The molecule has 16 heavy (non-hydrogen) atoms. The Kier molecular flexibility index (Phi) is 4.94. The van der Waals surface area contributed by atoms with Crippen molar-refractivity contribution in [3.8, 4) is 0 Å². The second-order valence-electron chi connectivity index (χ2n) is 3.73. The summed E-state index contributed by atoms with van der Waals surface area (Å²) in [6.07, 6.45) is 2.88. The van der Waals surface area contributed by atoms with Gasteiger partial charge < -0.3 is 20.3 Å². The van der Waals surface area contributed by atoms with Gasteiger partial charge in [-0.2, -0.15) is 0 Å². The summed E-state index contributed by atoms with van der Waals surface area (Å²) in [5.41, 5.74) is 0.415. The maximum absolute atomic E-state index is 11.5. The Morgan fingerprint density at radius 3 is 2.94 bits per heavy atom. The van der Waals surface area contributed by atoms with Crippen LogP contribution in [0.5, 0.6) is 0 Å². The molecule has 1 rings (SSSR count). The zero-order chi connectivity index (χ0) is 12.0. The van der Waals surface area contributed by atoms with Crippen LogP contribution in [0.15, 0.2) is 12.5 Å². The van der Waals surface area contributed by atoms with Crippen LogP contribution in [0.1, 0.15) is 17.4 Å². The maximum atomic E-state index is 11.5. The minimum absolute atomic E-state index is 0.181. The van der Waals surface area contributed by atoms with E-state index >= 15 is 0 Å². The molecule has 0 spiro atoms. The Hall–Kier alpha value is -1.40. The number of carbonyl (C=O) groups is 1. The van der Waals surface area contributed by atoms with E-state index in [1.807, 2.05) is 7.05 Å². The first-order chi connectivity index (χ1) is 7.59. The Bertz CT molecular complexity index is 335. The van der Waals surface area contributed by atoms with Crippen molar-refractivity contribution in [2.24, 2.45) is 7.05 Å². The van der Waals surface area contributed by atoms with Crippen LogP contribution in [-0.2, 0) is 7.05 Å². The number of hydrogen-bond acceptors (Lipinski definition) is 4. The highest BCUT2D eigenvalue weighted by atomic mass is 16.3. The summed E-state index contributed by atoms with van der Waals surface area (Å²) in [4.78, 5) is 15.4. The molecule has 3 N–H and O–H groups in total. The fraction of sp³-hybridized carbons (Fsp3) is 0.600. The number of aliphatic hydroxyl groups is 1. The van der Waals surface area contributed by atoms with E-state index in [0.29, 0.717) is 25.3 Å². The minimum atomic E-state index is -0.369. The predicted molar refractivity (Wildman–Crippen MR) is 60.1 cm³/mol. The van der Waals surface area contributed by atoms with Crippen molar-refractivity contribution >= 4 is 5.91 Å². The molecule has 0 saturated carbocycles. The number of aliphatic hydroxyl groups excluding tert-OH is 1. The Morgan fingerprint density at radius 1 is 1.62 bits per heavy atom. The van der Waals surface area contributed by atoms with E-state index in [1.54, 1.807) is 24.0 Å². The average molecular weight is 226 g/mol. The molecule has 0 aliphatic heterocycles. The number of imidazole rings is 1. The summed E-state index contributed by atoms with van der Waals surface area (Å²) in [7, 11) is 1.81. The zero-order valence-electron chi connectivity index (χ0n) is 9.60. The fourth-order valence-corrected chi connectivity index (χ4v) is 1.20. The van der Waals surface area contributed by atoms with Gasteiger partial charge in [0.1, 0.15) is 5.69 Å². The summed E-state index contributed by atoms with van der Waals surface area (Å²) in [6, 6.07) is 0. The van der Waals surface area contributed by atoms with Gasteiger partial charge in [-0.05, 0) is 6.92 Å². The van der Waals surface area contributed by atoms with Crippen LogP contribution in [0, 0.1) is 0 Å². The molecule has 0 saturated heterocycles. The lowest BCUT2D eigenvalue weighted by Crippen LogP contribution is -2.34. The van der Waals surface area contributed by atoms with Crippen molar-refractivity contribution in [3.63, 3.8) is 0 Å². The number of amides is 1. The molecule has 1 amide bonds. The summed E-state index contributed by atoms with van der Waals surface area (Å²) in [5, 5.41) is 14.7. The van der Waals surface area contributed by atoms with Crippen LogP contribution in [0.4, 0.5) is 0 Å². The van der Waals surface area contributed by atoms with Gasteiger partial charge in [-0.3, -0.25) is 4.79 Å². The quantitative estimate of drug-likeness (QED) is 0.550. The van der Waals surface area contributed by atoms with Crippen LogP contribution >= 0.6 is 0 Å². The lowest BCUT2D eigenvalue weighted by atomic mass is 10.4. The second-order valence-corrected chi connectivity index (χ2v) is 3.73. The summed E-state index contributed by atoms with van der Waals surface area (Å²) < 4.78 is 1.72. The van der Waals surface area contributed by atoms with Gasteiger partial charge >= 0.3 is 0 Å². The molecule has 0 radical (unpaired) electrons. The van der Waals surface area contributed by atoms with E-state index in [0.717, 1.165) is 0 Å². The highest BCUT2D eigenvalue weighted by Crippen LogP contribution is 1.92. The largest absolute Gasteiger partial charge is 0.392 e. The van der Waals surface area contributed by atoms with E-state index in [4.69, 9.17) is 5.11 Å². The Labute approximate surface area is 94.7 Å². The molecule has 0 bridgehead atoms. The number of hydrogen-bond donors (Lipinski definition) is 3. The van der Waals surface area contributed by atoms with Gasteiger partial charge in [-0.1, -0.05) is 0 Å². The van der Waals surface area contributed by atoms with Crippen molar-refractivity contribution in [2.45, 2.75) is 13.0 Å². The first-order valence-electron chi connectivity index (χ1n) is 5.24. The smallest absolute Gasteiger partial charge is 0.271 e. The normalized spacial score (nSPS) is 12.4. The molecule has 6 nitrogen and oxygen atoms in total. The van der Waals surface area contributed by atoms with Gasteiger partial charge in [0.2, 0.25) is 0 Å². The molecule has 6 heteroatoms. The standard InChI is InChI=1S/C10H18N4O2/c1-8(15)5-11-3-4-12-10(16)9-6-14(2)7-13-9/h6-8,11,15H,3-5H2,1-2H3,(H,12,16). The number of aromatic nitrogens is 2. The van der Waals surface area contributed by atoms with Crippen LogP contribution in [0.3, 0.4) is 0 Å². The van der Waals surface area contributed by atoms with Crippen molar-refractivity contribution in [2.75, 3.05) is 19.6 Å². The average Bonchev–Trinajstić information content (AvgIpc) is 2.63. The third-order valence-electron chi connectivity index (χ3n) is 1.96. The fourth-order valence-electron chi connectivity index (χ4n) is 1.20. The number of carbonyl (C=O) groups excluding carboxylic acids is 1. The monoisotopic (exact) mass is 226 g/mol. The lowest BCUT2D eigenvalue weighted by molar-refractivity contribution is 0.0949. The predicted octanol–water partition coefficient (Wildman–Crippen LogP) is -0.880. The van der Waals surface area contributed by atoms with Gasteiger partial charge in [0.05, 0.1) is 12.4 Å². The highest BCUT2D eigenvalue weighted by Gasteiger charge is 2.06. The number of rotatable bonds is 6. The zero-order valence-corrected chi connectivity index (χ0v) is 9.60. The molecular weight excluding hydrogens is 208 g/mol. The highest BCUT2D eigenvalue weighted by molar-refractivity contribution is 5.91. The SMILES string of the molecule is CC(O)CNCCNC(=O)c1cn(C)cn1. The third-order valence-corrected chi connectivity index (χ3v) is 1.96. The molecule has 1 atom stereocenters. The van der Waals surface area contributed by atoms with Crippen LogP contribution < -0.4 is 10.6 Å². The van der Waals surface area contributed by atoms with Crippen molar-refractivity contribution in [1.82, 2.24) is 20.2 Å². The molecule has 1 unspecified atom stereocenters. The molecule has 1 aromatic heterocycles. The van der Waals surface area contributed by atoms with Gasteiger partial charge in [-0.15, -0.1) is 0 Å². The molecule has 0 aliphatic carbocycles. The van der Waals surface area contributed by atoms with Crippen LogP contribution in [0.2, 0.25) is 0 Å². The van der Waals surface area contributed by atoms with E-state index in [9.17, 15) is 4.79 Å². The number of aryl methyl sites for hydroxylation is 1. The lowest BCUT2D eigenvalue weighted by Gasteiger charge is -2.07. The van der Waals surface area contributed by atoms with Crippen LogP contribution in [0.25, 0.3) is 0 Å². The van der Waals surface area contributed by atoms with Gasteiger partial charge in [0.15, 0.2) is 0 Å². The van der Waals surface area contributed by atoms with E-state index in [2.05, 4.69) is 15.6 Å². The van der Waals surface area contributed by atoms with Gasteiger partial charge in [0.25, 0.3) is 5.91 Å². The van der Waals surface area contributed by atoms with Gasteiger partial charge in [0, 0.05) is 32.9 Å². The molecule has 1 heterocycles. The van der Waals surface area contributed by atoms with Crippen molar-refractivity contribution in [3.05, 3.63) is 18.2 Å². The molecule has 90 valence electrons. The Morgan fingerprint density at radius 2 is 2.38 bits per heavy atom. The summed E-state index contributed by atoms with van der Waals surface area (Å²) >= 11 is 0. The van der Waals surface area contributed by atoms with E-state index < -0.39 is 0 Å². The van der Waals surface area contributed by atoms with Gasteiger partial charge in [-0.25, -0.2) is 4.98 Å². The first-order valence-corrected chi connectivity index (χ1v) is 5.24. The number of nitrogens with zero attached hydrogens (tertiary/aromatic N) is 2. The van der Waals surface area contributed by atoms with Crippen molar-refractivity contribution < 1.29 is 9.90 Å².